The standard InChI is InChI=1S/C13H18F3N3O/c1-19(7-8-4-10(20)5-8)12-9(6-17)2-3-11(18-12)13(14,15)16/h2-3,8,10,20H,4-7,17H2,1H3. The molecule has 7 heteroatoms. The lowest BCUT2D eigenvalue weighted by molar-refractivity contribution is -0.141. The first-order chi connectivity index (χ1) is 9.31. The van der Waals surface area contributed by atoms with E-state index in [2.05, 4.69) is 4.98 Å². The van der Waals surface area contributed by atoms with Gasteiger partial charge in [-0.25, -0.2) is 4.98 Å². The molecular weight excluding hydrogens is 271 g/mol. The van der Waals surface area contributed by atoms with Crippen molar-refractivity contribution in [2.75, 3.05) is 18.5 Å². The number of pyridine rings is 1. The summed E-state index contributed by atoms with van der Waals surface area (Å²) in [6, 6.07) is 2.32. The summed E-state index contributed by atoms with van der Waals surface area (Å²) in [6.45, 7) is 0.705. The third-order valence-corrected chi connectivity index (χ3v) is 3.57. The number of hydrogen-bond donors (Lipinski definition) is 2. The van der Waals surface area contributed by atoms with Crippen molar-refractivity contribution < 1.29 is 18.3 Å². The number of nitrogens with two attached hydrogens (primary N) is 1. The lowest BCUT2D eigenvalue weighted by atomic mass is 9.82. The van der Waals surface area contributed by atoms with Crippen molar-refractivity contribution in [3.63, 3.8) is 0 Å². The molecule has 0 unspecified atom stereocenters. The Labute approximate surface area is 115 Å². The van der Waals surface area contributed by atoms with Crippen LogP contribution in [0.4, 0.5) is 19.0 Å². The summed E-state index contributed by atoms with van der Waals surface area (Å²) in [6.07, 6.45) is -3.38. The lowest BCUT2D eigenvalue weighted by Gasteiger charge is -2.35. The minimum Gasteiger partial charge on any atom is -0.393 e. The van der Waals surface area contributed by atoms with E-state index in [-0.39, 0.29) is 24.4 Å². The van der Waals surface area contributed by atoms with Gasteiger partial charge in [0, 0.05) is 25.7 Å². The predicted octanol–water partition coefficient (Wildman–Crippen LogP) is 1.77. The molecule has 1 aromatic heterocycles. The molecule has 0 aromatic carbocycles. The van der Waals surface area contributed by atoms with E-state index in [1.807, 2.05) is 0 Å². The van der Waals surface area contributed by atoms with Crippen molar-refractivity contribution in [3.05, 3.63) is 23.4 Å². The topological polar surface area (TPSA) is 62.4 Å². The summed E-state index contributed by atoms with van der Waals surface area (Å²) in [5, 5.41) is 9.25. The number of aliphatic hydroxyl groups is 1. The molecule has 0 amide bonds. The van der Waals surface area contributed by atoms with E-state index < -0.39 is 11.9 Å². The quantitative estimate of drug-likeness (QED) is 0.886. The zero-order chi connectivity index (χ0) is 14.9. The van der Waals surface area contributed by atoms with Crippen LogP contribution in [-0.2, 0) is 12.7 Å². The average molecular weight is 289 g/mol. The van der Waals surface area contributed by atoms with Crippen molar-refractivity contribution >= 4 is 5.82 Å². The maximum atomic E-state index is 12.7. The minimum atomic E-state index is -4.46. The maximum absolute atomic E-state index is 12.7. The van der Waals surface area contributed by atoms with Crippen LogP contribution in [-0.4, -0.2) is 29.8 Å². The van der Waals surface area contributed by atoms with Gasteiger partial charge in [-0.2, -0.15) is 13.2 Å². The largest absolute Gasteiger partial charge is 0.433 e. The lowest BCUT2D eigenvalue weighted by Crippen LogP contribution is -2.38. The number of halogens is 3. The van der Waals surface area contributed by atoms with Gasteiger partial charge in [0.1, 0.15) is 11.5 Å². The molecule has 1 aliphatic rings. The molecule has 1 heterocycles. The highest BCUT2D eigenvalue weighted by Crippen LogP contribution is 2.32. The summed E-state index contributed by atoms with van der Waals surface area (Å²) in [5.41, 5.74) is 5.23. The van der Waals surface area contributed by atoms with Crippen molar-refractivity contribution in [3.8, 4) is 0 Å². The Morgan fingerprint density at radius 1 is 1.40 bits per heavy atom. The monoisotopic (exact) mass is 289 g/mol. The fraction of sp³-hybridized carbons (Fsp3) is 0.615. The van der Waals surface area contributed by atoms with Crippen LogP contribution in [0.5, 0.6) is 0 Å². The Bertz CT molecular complexity index is 472. The first-order valence-corrected chi connectivity index (χ1v) is 6.47. The van der Waals surface area contributed by atoms with E-state index in [0.29, 0.717) is 24.9 Å². The van der Waals surface area contributed by atoms with Gasteiger partial charge >= 0.3 is 6.18 Å². The van der Waals surface area contributed by atoms with Gasteiger partial charge in [-0.1, -0.05) is 6.07 Å². The molecule has 1 saturated carbocycles. The van der Waals surface area contributed by atoms with Crippen LogP contribution in [0.25, 0.3) is 0 Å². The average Bonchev–Trinajstić information content (AvgIpc) is 2.35. The highest BCUT2D eigenvalue weighted by molar-refractivity contribution is 5.47. The van der Waals surface area contributed by atoms with Crippen LogP contribution < -0.4 is 10.6 Å². The molecule has 1 fully saturated rings. The second-order valence-electron chi connectivity index (χ2n) is 5.25. The molecule has 3 N–H and O–H groups in total. The molecule has 0 bridgehead atoms. The highest BCUT2D eigenvalue weighted by atomic mass is 19.4. The van der Waals surface area contributed by atoms with Gasteiger partial charge in [-0.3, -0.25) is 0 Å². The Balaban J connectivity index is 2.19. The van der Waals surface area contributed by atoms with Crippen LogP contribution in [0.3, 0.4) is 0 Å². The Kier molecular flexibility index (Phi) is 4.19. The minimum absolute atomic E-state index is 0.137. The van der Waals surface area contributed by atoms with Gasteiger partial charge in [0.25, 0.3) is 0 Å². The van der Waals surface area contributed by atoms with Gasteiger partial charge in [0.05, 0.1) is 6.10 Å². The molecule has 112 valence electrons. The number of nitrogens with zero attached hydrogens (tertiary/aromatic N) is 2. The highest BCUT2D eigenvalue weighted by Gasteiger charge is 2.34. The third-order valence-electron chi connectivity index (χ3n) is 3.57. The van der Waals surface area contributed by atoms with E-state index >= 15 is 0 Å². The maximum Gasteiger partial charge on any atom is 0.433 e. The van der Waals surface area contributed by atoms with E-state index in [1.165, 1.54) is 6.07 Å². The number of aliphatic hydroxyl groups excluding tert-OH is 1. The number of rotatable bonds is 4. The Hall–Kier alpha value is -1.34. The van der Waals surface area contributed by atoms with E-state index in [4.69, 9.17) is 5.73 Å². The molecule has 2 rings (SSSR count). The zero-order valence-electron chi connectivity index (χ0n) is 11.2. The number of alkyl halides is 3. The van der Waals surface area contributed by atoms with Crippen LogP contribution in [0.2, 0.25) is 0 Å². The normalized spacial score (nSPS) is 22.5. The van der Waals surface area contributed by atoms with Crippen LogP contribution >= 0.6 is 0 Å². The second kappa shape index (κ2) is 5.57. The molecule has 0 spiro atoms. The van der Waals surface area contributed by atoms with Gasteiger partial charge in [0.2, 0.25) is 0 Å². The number of aromatic nitrogens is 1. The molecule has 0 radical (unpaired) electrons. The fourth-order valence-electron chi connectivity index (χ4n) is 2.45. The van der Waals surface area contributed by atoms with Gasteiger partial charge in [0.15, 0.2) is 0 Å². The molecule has 0 atom stereocenters. The van der Waals surface area contributed by atoms with Gasteiger partial charge in [-0.15, -0.1) is 0 Å². The van der Waals surface area contributed by atoms with Crippen LogP contribution in [0, 0.1) is 5.92 Å². The number of anilines is 1. The van der Waals surface area contributed by atoms with E-state index in [0.717, 1.165) is 6.07 Å². The smallest absolute Gasteiger partial charge is 0.393 e. The zero-order valence-corrected chi connectivity index (χ0v) is 11.2. The summed E-state index contributed by atoms with van der Waals surface area (Å²) in [7, 11) is 1.70. The summed E-state index contributed by atoms with van der Waals surface area (Å²) >= 11 is 0. The van der Waals surface area contributed by atoms with Crippen LogP contribution in [0.15, 0.2) is 12.1 Å². The fourth-order valence-corrected chi connectivity index (χ4v) is 2.45. The predicted molar refractivity (Wildman–Crippen MR) is 69.1 cm³/mol. The molecule has 4 nitrogen and oxygen atoms in total. The first kappa shape index (κ1) is 15.1. The summed E-state index contributed by atoms with van der Waals surface area (Å²) in [4.78, 5) is 5.39. The van der Waals surface area contributed by atoms with Crippen molar-refractivity contribution in [1.82, 2.24) is 4.98 Å². The molecule has 20 heavy (non-hydrogen) atoms. The van der Waals surface area contributed by atoms with E-state index in [1.54, 1.807) is 11.9 Å². The molecule has 0 aliphatic heterocycles. The summed E-state index contributed by atoms with van der Waals surface area (Å²) in [5.74, 6) is 0.556. The van der Waals surface area contributed by atoms with Gasteiger partial charge in [-0.05, 0) is 24.8 Å². The SMILES string of the molecule is CN(CC1CC(O)C1)c1nc(C(F)(F)F)ccc1CN. The molecule has 1 aromatic rings. The second-order valence-corrected chi connectivity index (χ2v) is 5.25. The molecule has 0 saturated heterocycles. The summed E-state index contributed by atoms with van der Waals surface area (Å²) < 4.78 is 38.1. The van der Waals surface area contributed by atoms with Crippen molar-refractivity contribution in [1.29, 1.82) is 0 Å². The molecular formula is C13H18F3N3O. The number of hydrogen-bond acceptors (Lipinski definition) is 4. The van der Waals surface area contributed by atoms with Gasteiger partial charge < -0.3 is 15.7 Å². The van der Waals surface area contributed by atoms with Crippen molar-refractivity contribution in [2.24, 2.45) is 11.7 Å². The van der Waals surface area contributed by atoms with Crippen LogP contribution in [0.1, 0.15) is 24.1 Å². The van der Waals surface area contributed by atoms with Crippen molar-refractivity contribution in [2.45, 2.75) is 31.7 Å². The third kappa shape index (κ3) is 3.21. The molecule has 1 aliphatic carbocycles. The van der Waals surface area contributed by atoms with E-state index in [9.17, 15) is 18.3 Å². The first-order valence-electron chi connectivity index (χ1n) is 6.47. The Morgan fingerprint density at radius 2 is 2.05 bits per heavy atom. The Morgan fingerprint density at radius 3 is 2.55 bits per heavy atom.